The maximum atomic E-state index is 9.39. The molecule has 3 nitrogen and oxygen atoms in total. The summed E-state index contributed by atoms with van der Waals surface area (Å²) in [5.74, 6) is 0. The van der Waals surface area contributed by atoms with Crippen LogP contribution in [0.2, 0.25) is 0 Å². The van der Waals surface area contributed by atoms with E-state index in [2.05, 4.69) is 52.1 Å². The van der Waals surface area contributed by atoms with Gasteiger partial charge < -0.3 is 14.7 Å². The van der Waals surface area contributed by atoms with E-state index >= 15 is 0 Å². The van der Waals surface area contributed by atoms with E-state index in [1.165, 1.54) is 5.56 Å². The molecule has 0 aromatic heterocycles. The fraction of sp³-hybridized carbons (Fsp3) is 0.571. The van der Waals surface area contributed by atoms with Crippen LogP contribution in [0.4, 0.5) is 0 Å². The Morgan fingerprint density at radius 1 is 1.33 bits per heavy atom. The monoisotopic (exact) mass is 313 g/mol. The van der Waals surface area contributed by atoms with Crippen molar-refractivity contribution in [3.05, 3.63) is 34.3 Å². The number of hydrogen-bond acceptors (Lipinski definition) is 3. The van der Waals surface area contributed by atoms with Crippen molar-refractivity contribution in [3.8, 4) is 0 Å². The molecule has 0 spiro atoms. The number of aliphatic hydroxyl groups excluding tert-OH is 1. The van der Waals surface area contributed by atoms with Crippen LogP contribution >= 0.6 is 15.9 Å². The molecule has 18 heavy (non-hydrogen) atoms. The minimum Gasteiger partial charge on any atom is -0.396 e. The zero-order chi connectivity index (χ0) is 13.0. The van der Waals surface area contributed by atoms with Crippen LogP contribution in [0.3, 0.4) is 0 Å². The predicted octanol–water partition coefficient (Wildman–Crippen LogP) is 1.93. The maximum Gasteiger partial charge on any atom is 0.0579 e. The van der Waals surface area contributed by atoms with Crippen molar-refractivity contribution >= 4 is 15.9 Å². The van der Waals surface area contributed by atoms with Gasteiger partial charge in [0.25, 0.3) is 0 Å². The first-order valence-electron chi connectivity index (χ1n) is 6.25. The Balaban J connectivity index is 1.77. The summed E-state index contributed by atoms with van der Waals surface area (Å²) in [5.41, 5.74) is 1.32. The third-order valence-corrected chi connectivity index (χ3v) is 3.98. The highest BCUT2D eigenvalue weighted by Gasteiger charge is 2.38. The smallest absolute Gasteiger partial charge is 0.0579 e. The Morgan fingerprint density at radius 3 is 2.50 bits per heavy atom. The van der Waals surface area contributed by atoms with Crippen molar-refractivity contribution in [2.75, 3.05) is 40.0 Å². The maximum absolute atomic E-state index is 9.39. The van der Waals surface area contributed by atoms with Gasteiger partial charge in [-0.1, -0.05) is 28.1 Å². The Hall–Kier alpha value is -0.420. The lowest BCUT2D eigenvalue weighted by Gasteiger charge is -2.42. The zero-order valence-corrected chi connectivity index (χ0v) is 12.3. The highest BCUT2D eigenvalue weighted by Crippen LogP contribution is 2.27. The van der Waals surface area contributed by atoms with Gasteiger partial charge >= 0.3 is 0 Å². The second kappa shape index (κ2) is 6.15. The molecule has 0 aliphatic carbocycles. The Bertz CT molecular complexity index is 370. The summed E-state index contributed by atoms with van der Waals surface area (Å²) >= 11 is 3.44. The third-order valence-electron chi connectivity index (χ3n) is 3.45. The Kier molecular flexibility index (Phi) is 4.78. The van der Waals surface area contributed by atoms with E-state index in [1.807, 2.05) is 0 Å². The van der Waals surface area contributed by atoms with Crippen LogP contribution < -0.4 is 0 Å². The van der Waals surface area contributed by atoms with Crippen molar-refractivity contribution < 1.29 is 9.84 Å². The van der Waals surface area contributed by atoms with Gasteiger partial charge in [-0.05, 0) is 31.2 Å². The van der Waals surface area contributed by atoms with E-state index < -0.39 is 0 Å². The average Bonchev–Trinajstić information content (AvgIpc) is 2.33. The summed E-state index contributed by atoms with van der Waals surface area (Å²) in [6.07, 6.45) is 1.03. The first-order chi connectivity index (χ1) is 8.63. The minimum absolute atomic E-state index is 0.0194. The van der Waals surface area contributed by atoms with Gasteiger partial charge in [-0.15, -0.1) is 0 Å². The normalized spacial score (nSPS) is 17.8. The van der Waals surface area contributed by atoms with Crippen LogP contribution in [0.15, 0.2) is 28.7 Å². The molecule has 0 atom stereocenters. The molecule has 2 rings (SSSR count). The molecule has 100 valence electrons. The van der Waals surface area contributed by atoms with Gasteiger partial charge in [0, 0.05) is 17.6 Å². The topological polar surface area (TPSA) is 32.7 Å². The van der Waals surface area contributed by atoms with E-state index in [0.717, 1.165) is 24.0 Å². The SMILES string of the molecule is CN(CCc1ccc(Br)cc1)CC1(CO)COC1. The summed E-state index contributed by atoms with van der Waals surface area (Å²) in [5, 5.41) is 9.39. The molecular formula is C14H20BrNO2. The van der Waals surface area contributed by atoms with Gasteiger partial charge in [0.2, 0.25) is 0 Å². The van der Waals surface area contributed by atoms with Gasteiger partial charge in [-0.25, -0.2) is 0 Å². The lowest BCUT2D eigenvalue weighted by Crippen LogP contribution is -2.52. The number of ether oxygens (including phenoxy) is 1. The molecule has 0 amide bonds. The Labute approximate surface area is 117 Å². The van der Waals surface area contributed by atoms with Crippen LogP contribution in [-0.2, 0) is 11.2 Å². The molecule has 1 N–H and O–H groups in total. The van der Waals surface area contributed by atoms with Crippen LogP contribution in [0.1, 0.15) is 5.56 Å². The largest absolute Gasteiger partial charge is 0.396 e. The summed E-state index contributed by atoms with van der Waals surface area (Å²) in [7, 11) is 2.11. The molecule has 1 aliphatic rings. The number of nitrogens with zero attached hydrogens (tertiary/aromatic N) is 1. The van der Waals surface area contributed by atoms with Crippen molar-refractivity contribution in [2.45, 2.75) is 6.42 Å². The number of benzene rings is 1. The van der Waals surface area contributed by atoms with E-state index in [9.17, 15) is 5.11 Å². The minimum atomic E-state index is -0.0194. The van der Waals surface area contributed by atoms with E-state index in [0.29, 0.717) is 13.2 Å². The standard InChI is InChI=1S/C14H20BrNO2/c1-16(8-14(9-17)10-18-11-14)7-6-12-2-4-13(15)5-3-12/h2-5,17H,6-11H2,1H3. The third kappa shape index (κ3) is 3.54. The summed E-state index contributed by atoms with van der Waals surface area (Å²) in [6.45, 7) is 3.50. The fourth-order valence-corrected chi connectivity index (χ4v) is 2.51. The molecule has 0 unspecified atom stereocenters. The fourth-order valence-electron chi connectivity index (χ4n) is 2.25. The van der Waals surface area contributed by atoms with Crippen molar-refractivity contribution in [1.82, 2.24) is 4.90 Å². The van der Waals surface area contributed by atoms with Gasteiger partial charge in [-0.2, -0.15) is 0 Å². The molecule has 1 aliphatic heterocycles. The molecule has 1 aromatic carbocycles. The van der Waals surface area contributed by atoms with E-state index in [-0.39, 0.29) is 12.0 Å². The first-order valence-corrected chi connectivity index (χ1v) is 7.04. The summed E-state index contributed by atoms with van der Waals surface area (Å²) in [4.78, 5) is 2.28. The molecule has 1 heterocycles. The molecule has 0 radical (unpaired) electrons. The number of aliphatic hydroxyl groups is 1. The number of hydrogen-bond donors (Lipinski definition) is 1. The Morgan fingerprint density at radius 2 is 2.00 bits per heavy atom. The zero-order valence-electron chi connectivity index (χ0n) is 10.7. The van der Waals surface area contributed by atoms with Gasteiger partial charge in [0.15, 0.2) is 0 Å². The lowest BCUT2D eigenvalue weighted by atomic mass is 9.86. The van der Waals surface area contributed by atoms with E-state index in [1.54, 1.807) is 0 Å². The molecule has 1 fully saturated rings. The second-order valence-electron chi connectivity index (χ2n) is 5.27. The van der Waals surface area contributed by atoms with Gasteiger partial charge in [0.1, 0.15) is 0 Å². The van der Waals surface area contributed by atoms with Crippen LogP contribution in [-0.4, -0.2) is 50.0 Å². The molecule has 0 bridgehead atoms. The second-order valence-corrected chi connectivity index (χ2v) is 6.18. The van der Waals surface area contributed by atoms with Crippen molar-refractivity contribution in [2.24, 2.45) is 5.41 Å². The molecular weight excluding hydrogens is 294 g/mol. The number of halogens is 1. The molecule has 0 saturated carbocycles. The number of likely N-dealkylation sites (N-methyl/N-ethyl adjacent to an activating group) is 1. The van der Waals surface area contributed by atoms with Gasteiger partial charge in [-0.3, -0.25) is 0 Å². The highest BCUT2D eigenvalue weighted by atomic mass is 79.9. The van der Waals surface area contributed by atoms with Crippen molar-refractivity contribution in [1.29, 1.82) is 0 Å². The van der Waals surface area contributed by atoms with Crippen LogP contribution in [0.25, 0.3) is 0 Å². The molecule has 1 saturated heterocycles. The average molecular weight is 314 g/mol. The quantitative estimate of drug-likeness (QED) is 0.871. The summed E-state index contributed by atoms with van der Waals surface area (Å²) < 4.78 is 6.33. The number of rotatable bonds is 6. The predicted molar refractivity (Wildman–Crippen MR) is 75.7 cm³/mol. The molecule has 4 heteroatoms. The lowest BCUT2D eigenvalue weighted by molar-refractivity contribution is -0.146. The molecule has 1 aromatic rings. The van der Waals surface area contributed by atoms with Gasteiger partial charge in [0.05, 0.1) is 25.2 Å². The van der Waals surface area contributed by atoms with Crippen LogP contribution in [0, 0.1) is 5.41 Å². The van der Waals surface area contributed by atoms with E-state index in [4.69, 9.17) is 4.74 Å². The highest BCUT2D eigenvalue weighted by molar-refractivity contribution is 9.10. The van der Waals surface area contributed by atoms with Crippen molar-refractivity contribution in [3.63, 3.8) is 0 Å². The van der Waals surface area contributed by atoms with Crippen LogP contribution in [0.5, 0.6) is 0 Å². The first kappa shape index (κ1) is 14.0. The summed E-state index contributed by atoms with van der Waals surface area (Å²) in [6, 6.07) is 8.44.